The van der Waals surface area contributed by atoms with E-state index in [1.165, 1.54) is 5.56 Å². The highest BCUT2D eigenvalue weighted by molar-refractivity contribution is 6.17. The molecule has 1 aromatic heterocycles. The Balaban J connectivity index is 2.40. The summed E-state index contributed by atoms with van der Waals surface area (Å²) in [6.45, 7) is 2.90. The van der Waals surface area contributed by atoms with E-state index in [0.717, 1.165) is 24.0 Å². The molecule has 0 fully saturated rings. The second kappa shape index (κ2) is 3.96. The maximum absolute atomic E-state index is 5.64. The number of halogens is 1. The summed E-state index contributed by atoms with van der Waals surface area (Å²) in [5.41, 5.74) is 3.27. The Morgan fingerprint density at radius 1 is 1.43 bits per heavy atom. The summed E-state index contributed by atoms with van der Waals surface area (Å²) in [5.74, 6) is 0.660. The summed E-state index contributed by atoms with van der Waals surface area (Å²) < 4.78 is 1.91. The van der Waals surface area contributed by atoms with E-state index < -0.39 is 0 Å². The van der Waals surface area contributed by atoms with Gasteiger partial charge in [0.05, 0.1) is 5.52 Å². The van der Waals surface area contributed by atoms with Crippen molar-refractivity contribution < 1.29 is 0 Å². The number of aryl methyl sites for hydroxylation is 2. The molecule has 4 heteroatoms. The number of hydrogen-bond donors (Lipinski definition) is 0. The summed E-state index contributed by atoms with van der Waals surface area (Å²) in [4.78, 5) is 0. The Morgan fingerprint density at radius 3 is 3.07 bits per heavy atom. The average Bonchev–Trinajstić information content (AvgIpc) is 2.57. The van der Waals surface area contributed by atoms with Gasteiger partial charge in [-0.15, -0.1) is 16.7 Å². The Kier molecular flexibility index (Phi) is 2.68. The molecule has 2 rings (SSSR count). The van der Waals surface area contributed by atoms with Gasteiger partial charge in [-0.1, -0.05) is 11.3 Å². The molecule has 0 saturated heterocycles. The topological polar surface area (TPSA) is 30.7 Å². The van der Waals surface area contributed by atoms with Crippen LogP contribution in [0.5, 0.6) is 0 Å². The molecule has 74 valence electrons. The largest absolute Gasteiger partial charge is 0.245 e. The first-order valence-corrected chi connectivity index (χ1v) is 5.20. The van der Waals surface area contributed by atoms with Crippen molar-refractivity contribution in [2.75, 3.05) is 5.88 Å². The van der Waals surface area contributed by atoms with E-state index in [-0.39, 0.29) is 0 Å². The van der Waals surface area contributed by atoms with Crippen molar-refractivity contribution >= 4 is 22.6 Å². The van der Waals surface area contributed by atoms with Crippen LogP contribution in [-0.2, 0) is 6.54 Å². The Hall–Kier alpha value is -1.09. The number of aromatic nitrogens is 3. The summed E-state index contributed by atoms with van der Waals surface area (Å²) >= 11 is 5.64. The fourth-order valence-electron chi connectivity index (χ4n) is 1.45. The first kappa shape index (κ1) is 9.46. The van der Waals surface area contributed by atoms with Crippen molar-refractivity contribution in [1.82, 2.24) is 15.0 Å². The van der Waals surface area contributed by atoms with E-state index in [2.05, 4.69) is 23.3 Å². The minimum absolute atomic E-state index is 0.660. The van der Waals surface area contributed by atoms with E-state index in [1.807, 2.05) is 16.8 Å². The maximum atomic E-state index is 5.64. The molecular weight excluding hydrogens is 198 g/mol. The van der Waals surface area contributed by atoms with Gasteiger partial charge in [-0.05, 0) is 31.0 Å². The predicted molar refractivity (Wildman–Crippen MR) is 57.6 cm³/mol. The van der Waals surface area contributed by atoms with E-state index in [1.54, 1.807) is 0 Å². The molecule has 0 N–H and O–H groups in total. The van der Waals surface area contributed by atoms with Crippen molar-refractivity contribution in [1.29, 1.82) is 0 Å². The van der Waals surface area contributed by atoms with Gasteiger partial charge in [-0.2, -0.15) is 0 Å². The molecule has 0 aliphatic carbocycles. The molecular formula is C10H12ClN3. The quantitative estimate of drug-likeness (QED) is 0.727. The number of hydrogen-bond acceptors (Lipinski definition) is 2. The molecule has 3 nitrogen and oxygen atoms in total. The van der Waals surface area contributed by atoms with Crippen molar-refractivity contribution in [3.63, 3.8) is 0 Å². The van der Waals surface area contributed by atoms with Crippen molar-refractivity contribution in [3.05, 3.63) is 23.8 Å². The zero-order valence-corrected chi connectivity index (χ0v) is 8.83. The van der Waals surface area contributed by atoms with Crippen LogP contribution in [-0.4, -0.2) is 20.9 Å². The predicted octanol–water partition coefficient (Wildman–Crippen LogP) is 2.37. The lowest BCUT2D eigenvalue weighted by Crippen LogP contribution is -2.00. The van der Waals surface area contributed by atoms with Crippen LogP contribution < -0.4 is 0 Å². The van der Waals surface area contributed by atoms with Crippen LogP contribution >= 0.6 is 11.6 Å². The molecule has 0 radical (unpaired) electrons. The van der Waals surface area contributed by atoms with Crippen LogP contribution in [0.25, 0.3) is 11.0 Å². The summed E-state index contributed by atoms with van der Waals surface area (Å²) in [6.07, 6.45) is 0.925. The van der Waals surface area contributed by atoms with Gasteiger partial charge >= 0.3 is 0 Å². The maximum Gasteiger partial charge on any atom is 0.113 e. The number of alkyl halides is 1. The van der Waals surface area contributed by atoms with Gasteiger partial charge in [0, 0.05) is 12.4 Å². The molecule has 0 spiro atoms. The zero-order chi connectivity index (χ0) is 9.97. The van der Waals surface area contributed by atoms with E-state index >= 15 is 0 Å². The van der Waals surface area contributed by atoms with Gasteiger partial charge < -0.3 is 0 Å². The molecule has 0 saturated carbocycles. The van der Waals surface area contributed by atoms with Crippen LogP contribution in [0.3, 0.4) is 0 Å². The van der Waals surface area contributed by atoms with Crippen LogP contribution in [0.15, 0.2) is 18.2 Å². The van der Waals surface area contributed by atoms with Crippen molar-refractivity contribution in [2.24, 2.45) is 0 Å². The van der Waals surface area contributed by atoms with Crippen LogP contribution in [0, 0.1) is 6.92 Å². The highest BCUT2D eigenvalue weighted by Gasteiger charge is 2.03. The van der Waals surface area contributed by atoms with Crippen molar-refractivity contribution in [2.45, 2.75) is 19.9 Å². The number of benzene rings is 1. The molecule has 0 aliphatic rings. The number of rotatable bonds is 3. The first-order chi connectivity index (χ1) is 6.81. The fourth-order valence-corrected chi connectivity index (χ4v) is 1.57. The van der Waals surface area contributed by atoms with Crippen molar-refractivity contribution in [3.8, 4) is 0 Å². The minimum Gasteiger partial charge on any atom is -0.245 e. The molecule has 0 unspecified atom stereocenters. The zero-order valence-electron chi connectivity index (χ0n) is 8.07. The number of nitrogens with zero attached hydrogens (tertiary/aromatic N) is 3. The lowest BCUT2D eigenvalue weighted by molar-refractivity contribution is 0.598. The minimum atomic E-state index is 0.660. The third-order valence-corrected chi connectivity index (χ3v) is 2.44. The Labute approximate surface area is 87.7 Å². The van der Waals surface area contributed by atoms with Crippen LogP contribution in [0.1, 0.15) is 12.0 Å². The van der Waals surface area contributed by atoms with Gasteiger partial charge in [0.15, 0.2) is 0 Å². The number of fused-ring (bicyclic) bond motifs is 1. The highest BCUT2D eigenvalue weighted by atomic mass is 35.5. The molecule has 1 aromatic carbocycles. The molecule has 0 atom stereocenters. The smallest absolute Gasteiger partial charge is 0.113 e. The highest BCUT2D eigenvalue weighted by Crippen LogP contribution is 2.13. The third-order valence-electron chi connectivity index (χ3n) is 2.17. The fraction of sp³-hybridized carbons (Fsp3) is 0.400. The van der Waals surface area contributed by atoms with Crippen LogP contribution in [0.4, 0.5) is 0 Å². The average molecular weight is 210 g/mol. The summed E-state index contributed by atoms with van der Waals surface area (Å²) in [6, 6.07) is 6.14. The second-order valence-electron chi connectivity index (χ2n) is 3.35. The first-order valence-electron chi connectivity index (χ1n) is 4.67. The van der Waals surface area contributed by atoms with E-state index in [0.29, 0.717) is 5.88 Å². The summed E-state index contributed by atoms with van der Waals surface area (Å²) in [7, 11) is 0. The molecule has 0 aliphatic heterocycles. The lowest BCUT2D eigenvalue weighted by Gasteiger charge is -1.99. The summed E-state index contributed by atoms with van der Waals surface area (Å²) in [5, 5.41) is 8.16. The molecule has 0 bridgehead atoms. The Bertz CT molecular complexity index is 436. The second-order valence-corrected chi connectivity index (χ2v) is 3.73. The monoisotopic (exact) mass is 209 g/mol. The normalized spacial score (nSPS) is 11.0. The Morgan fingerprint density at radius 2 is 2.29 bits per heavy atom. The van der Waals surface area contributed by atoms with Gasteiger partial charge in [0.1, 0.15) is 5.52 Å². The van der Waals surface area contributed by atoms with Gasteiger partial charge in [-0.3, -0.25) is 0 Å². The lowest BCUT2D eigenvalue weighted by atomic mass is 10.2. The van der Waals surface area contributed by atoms with Crippen LogP contribution in [0.2, 0.25) is 0 Å². The SMILES string of the molecule is Cc1ccc2nnn(CCCCl)c2c1. The van der Waals surface area contributed by atoms with Gasteiger partial charge in [0.2, 0.25) is 0 Å². The van der Waals surface area contributed by atoms with Gasteiger partial charge in [-0.25, -0.2) is 4.68 Å². The molecule has 2 aromatic rings. The standard InChI is InChI=1S/C10H12ClN3/c1-8-3-4-9-10(7-8)14(13-12-9)6-2-5-11/h3-4,7H,2,5-6H2,1H3. The van der Waals surface area contributed by atoms with E-state index in [4.69, 9.17) is 11.6 Å². The van der Waals surface area contributed by atoms with E-state index in [9.17, 15) is 0 Å². The third kappa shape index (κ3) is 1.73. The van der Waals surface area contributed by atoms with Gasteiger partial charge in [0.25, 0.3) is 0 Å². The molecule has 14 heavy (non-hydrogen) atoms. The molecule has 0 amide bonds. The molecule has 1 heterocycles.